The molecule has 98 valence electrons. The van der Waals surface area contributed by atoms with Crippen LogP contribution in [0.1, 0.15) is 51.9 Å². The van der Waals surface area contributed by atoms with E-state index in [1.54, 1.807) is 0 Å². The summed E-state index contributed by atoms with van der Waals surface area (Å²) in [4.78, 5) is 9.98. The number of unbranched alkanes of at least 4 members (excludes halogenated alkanes) is 5. The van der Waals surface area contributed by atoms with Gasteiger partial charge in [-0.1, -0.05) is 39.0 Å². The Bertz CT molecular complexity index is 156. The molecule has 0 aromatic rings. The first-order valence-electron chi connectivity index (χ1n) is 6.26. The molecule has 3 heteroatoms. The first-order valence-corrected chi connectivity index (χ1v) is 6.26. The molecule has 0 bridgehead atoms. The molecule has 0 aliphatic carbocycles. The number of carbonyl (C=O) groups excluding carboxylic acids is 1. The number of nitrogens with zero attached hydrogens (tertiary/aromatic N) is 1. The molecule has 3 nitrogen and oxygen atoms in total. The van der Waals surface area contributed by atoms with E-state index < -0.39 is 5.97 Å². The quantitative estimate of drug-likeness (QED) is 0.495. The molecule has 16 heavy (non-hydrogen) atoms. The molecule has 0 radical (unpaired) electrons. The molecule has 0 saturated heterocycles. The van der Waals surface area contributed by atoms with Crippen molar-refractivity contribution in [3.8, 4) is 0 Å². The van der Waals surface area contributed by atoms with E-state index >= 15 is 0 Å². The number of carboxylic acids is 1. The zero-order valence-corrected chi connectivity index (χ0v) is 11.7. The number of carboxylic acid groups (broad SMARTS) is 1. The maximum Gasteiger partial charge on any atom is 0.0675 e. The van der Waals surface area contributed by atoms with Crippen molar-refractivity contribution in [2.75, 3.05) is 28.2 Å². The summed E-state index contributed by atoms with van der Waals surface area (Å²) in [5.41, 5.74) is 0. The van der Waals surface area contributed by atoms with Crippen LogP contribution in [0.5, 0.6) is 0 Å². The second kappa shape index (κ2) is 10.9. The van der Waals surface area contributed by atoms with E-state index in [1.807, 2.05) is 0 Å². The summed E-state index contributed by atoms with van der Waals surface area (Å²) in [6, 6.07) is 0. The molecule has 0 aromatic carbocycles. The SMILES string of the molecule is CCCCCCCCC(=O)[O-].C[N+](C)(C)C. The second-order valence-electron chi connectivity index (χ2n) is 5.57. The van der Waals surface area contributed by atoms with Gasteiger partial charge in [-0.05, 0) is 12.8 Å². The van der Waals surface area contributed by atoms with Crippen molar-refractivity contribution in [3.63, 3.8) is 0 Å². The van der Waals surface area contributed by atoms with Crippen molar-refractivity contribution in [2.24, 2.45) is 0 Å². The van der Waals surface area contributed by atoms with Crippen LogP contribution in [0.15, 0.2) is 0 Å². The van der Waals surface area contributed by atoms with Crippen molar-refractivity contribution in [2.45, 2.75) is 51.9 Å². The fourth-order valence-electron chi connectivity index (χ4n) is 1.05. The van der Waals surface area contributed by atoms with Gasteiger partial charge in [-0.3, -0.25) is 0 Å². The normalized spacial score (nSPS) is 10.6. The molecular weight excluding hydrogens is 202 g/mol. The highest BCUT2D eigenvalue weighted by Crippen LogP contribution is 2.05. The van der Waals surface area contributed by atoms with E-state index in [0.717, 1.165) is 17.3 Å². The first kappa shape index (κ1) is 17.8. The molecule has 0 spiro atoms. The molecule has 0 aliphatic rings. The lowest BCUT2D eigenvalue weighted by Crippen LogP contribution is -2.27. The van der Waals surface area contributed by atoms with E-state index in [4.69, 9.17) is 0 Å². The van der Waals surface area contributed by atoms with Crippen LogP contribution >= 0.6 is 0 Å². The van der Waals surface area contributed by atoms with Gasteiger partial charge in [0.1, 0.15) is 0 Å². The van der Waals surface area contributed by atoms with E-state index in [1.165, 1.54) is 25.7 Å². The zero-order chi connectivity index (χ0) is 13.0. The van der Waals surface area contributed by atoms with Crippen molar-refractivity contribution in [1.82, 2.24) is 0 Å². The van der Waals surface area contributed by atoms with Crippen molar-refractivity contribution < 1.29 is 14.4 Å². The largest absolute Gasteiger partial charge is 0.550 e. The van der Waals surface area contributed by atoms with Crippen molar-refractivity contribution >= 4 is 5.97 Å². The Hall–Kier alpha value is -0.570. The minimum Gasteiger partial charge on any atom is -0.550 e. The Kier molecular flexibility index (Phi) is 12.2. The van der Waals surface area contributed by atoms with E-state index in [-0.39, 0.29) is 6.42 Å². The van der Waals surface area contributed by atoms with Crippen LogP contribution in [0, 0.1) is 0 Å². The highest BCUT2D eigenvalue weighted by Gasteiger charge is 1.89. The van der Waals surface area contributed by atoms with E-state index in [9.17, 15) is 9.90 Å². The van der Waals surface area contributed by atoms with Gasteiger partial charge in [-0.15, -0.1) is 0 Å². The number of carbonyl (C=O) groups is 1. The molecular formula is C13H29NO2. The van der Waals surface area contributed by atoms with Gasteiger partial charge in [0.2, 0.25) is 0 Å². The van der Waals surface area contributed by atoms with E-state index in [0.29, 0.717) is 0 Å². The predicted molar refractivity (Wildman–Crippen MR) is 67.0 cm³/mol. The third-order valence-corrected chi connectivity index (χ3v) is 1.73. The third-order valence-electron chi connectivity index (χ3n) is 1.73. The first-order chi connectivity index (χ1) is 7.27. The maximum absolute atomic E-state index is 9.98. The summed E-state index contributed by atoms with van der Waals surface area (Å²) in [6.07, 6.45) is 6.96. The van der Waals surface area contributed by atoms with Gasteiger partial charge in [0.25, 0.3) is 0 Å². The number of rotatable bonds is 7. The molecule has 0 N–H and O–H groups in total. The smallest absolute Gasteiger partial charge is 0.0675 e. The van der Waals surface area contributed by atoms with Gasteiger partial charge in [0.05, 0.1) is 28.2 Å². The Morgan fingerprint density at radius 2 is 1.31 bits per heavy atom. The Morgan fingerprint density at radius 3 is 1.69 bits per heavy atom. The minimum atomic E-state index is -0.916. The summed E-state index contributed by atoms with van der Waals surface area (Å²) in [5.74, 6) is -0.916. The van der Waals surface area contributed by atoms with Gasteiger partial charge in [0.15, 0.2) is 0 Å². The third kappa shape index (κ3) is 37.6. The van der Waals surface area contributed by atoms with Crippen LogP contribution in [-0.2, 0) is 4.79 Å². The lowest BCUT2D eigenvalue weighted by Gasteiger charge is -2.14. The highest BCUT2D eigenvalue weighted by molar-refractivity contribution is 5.63. The fourth-order valence-corrected chi connectivity index (χ4v) is 1.05. The Balaban J connectivity index is 0. The average Bonchev–Trinajstić information content (AvgIpc) is 2.08. The van der Waals surface area contributed by atoms with Crippen LogP contribution in [0.25, 0.3) is 0 Å². The average molecular weight is 231 g/mol. The molecule has 0 amide bonds. The standard InChI is InChI=1S/C9H18O2.C4H12N/c1-2-3-4-5-6-7-8-9(10)11;1-5(2,3)4/h2-8H2,1H3,(H,10,11);1-4H3/q;+1/p-1. The fraction of sp³-hybridized carbons (Fsp3) is 0.923. The summed E-state index contributed by atoms with van der Waals surface area (Å²) in [5, 5.41) is 9.98. The van der Waals surface area contributed by atoms with Crippen LogP contribution < -0.4 is 5.11 Å². The second-order valence-corrected chi connectivity index (χ2v) is 5.57. The van der Waals surface area contributed by atoms with Gasteiger partial charge >= 0.3 is 0 Å². The molecule has 0 fully saturated rings. The summed E-state index contributed by atoms with van der Waals surface area (Å²) in [6.45, 7) is 2.17. The Morgan fingerprint density at radius 1 is 0.938 bits per heavy atom. The molecule has 0 aromatic heterocycles. The number of quaternary nitrogens is 1. The molecule has 0 saturated carbocycles. The van der Waals surface area contributed by atoms with E-state index in [2.05, 4.69) is 35.1 Å². The summed E-state index contributed by atoms with van der Waals surface area (Å²) >= 11 is 0. The highest BCUT2D eigenvalue weighted by atomic mass is 16.4. The van der Waals surface area contributed by atoms with Crippen molar-refractivity contribution in [3.05, 3.63) is 0 Å². The lowest BCUT2D eigenvalue weighted by molar-refractivity contribution is -0.849. The summed E-state index contributed by atoms with van der Waals surface area (Å²) < 4.78 is 1.00. The molecule has 0 aliphatic heterocycles. The Labute approximate surface area is 101 Å². The van der Waals surface area contributed by atoms with Crippen LogP contribution in [0.4, 0.5) is 0 Å². The van der Waals surface area contributed by atoms with Crippen LogP contribution in [0.2, 0.25) is 0 Å². The van der Waals surface area contributed by atoms with Gasteiger partial charge in [-0.2, -0.15) is 0 Å². The predicted octanol–water partition coefficient (Wildman–Crippen LogP) is 1.81. The topological polar surface area (TPSA) is 40.1 Å². The number of aliphatic carboxylic acids is 1. The van der Waals surface area contributed by atoms with Gasteiger partial charge < -0.3 is 14.4 Å². The van der Waals surface area contributed by atoms with Gasteiger partial charge in [-0.25, -0.2) is 0 Å². The zero-order valence-electron chi connectivity index (χ0n) is 11.7. The molecule has 0 heterocycles. The lowest BCUT2D eigenvalue weighted by atomic mass is 10.1. The molecule has 0 unspecified atom stereocenters. The minimum absolute atomic E-state index is 0.228. The number of hydrogen-bond acceptors (Lipinski definition) is 2. The summed E-state index contributed by atoms with van der Waals surface area (Å²) in [7, 11) is 8.50. The molecule has 0 rings (SSSR count). The maximum atomic E-state index is 9.98. The van der Waals surface area contributed by atoms with Gasteiger partial charge in [0, 0.05) is 5.97 Å². The van der Waals surface area contributed by atoms with Crippen LogP contribution in [0.3, 0.4) is 0 Å². The number of hydrogen-bond donors (Lipinski definition) is 0. The van der Waals surface area contributed by atoms with Crippen molar-refractivity contribution in [1.29, 1.82) is 0 Å². The molecule has 0 atom stereocenters. The van der Waals surface area contributed by atoms with Crippen LogP contribution in [-0.4, -0.2) is 38.6 Å². The monoisotopic (exact) mass is 231 g/mol.